The fraction of sp³-hybridized carbons (Fsp3) is 0.889. The molecule has 0 saturated carbocycles. The lowest BCUT2D eigenvalue weighted by molar-refractivity contribution is -0.126. The van der Waals surface area contributed by atoms with E-state index < -0.39 is 0 Å². The number of hydrogen-bond acceptors (Lipinski definition) is 2. The second kappa shape index (κ2) is 5.91. The third-order valence-electron chi connectivity index (χ3n) is 1.31. The van der Waals surface area contributed by atoms with Crippen molar-refractivity contribution >= 4 is 5.91 Å². The normalized spacial score (nSPS) is 16.1. The molecule has 0 aliphatic carbocycles. The third-order valence-corrected chi connectivity index (χ3v) is 1.31. The highest BCUT2D eigenvalue weighted by Gasteiger charge is 2.14. The molecule has 0 bridgehead atoms. The van der Waals surface area contributed by atoms with Crippen LogP contribution in [0.2, 0.25) is 0 Å². The number of nitrogens with two attached hydrogens (primary N) is 1. The standard InChI is InChI=1S/C5H9NO.C4H11N.FH/c1-6-4-2-3-5(6)7;1-4(2,3)5;/h2-4H2,1H3;5H2,1-3H3;1H. The van der Waals surface area contributed by atoms with E-state index in [2.05, 4.69) is 0 Å². The lowest BCUT2D eigenvalue weighted by atomic mass is 10.1. The largest absolute Gasteiger partial charge is 0.346 e. The number of hydrogen-bond donors (Lipinski definition) is 1. The monoisotopic (exact) mass is 192 g/mol. The number of halogens is 1. The quantitative estimate of drug-likeness (QED) is 0.625. The minimum absolute atomic E-state index is 0. The molecule has 1 fully saturated rings. The number of amides is 1. The summed E-state index contributed by atoms with van der Waals surface area (Å²) in [6.07, 6.45) is 1.81. The molecule has 1 saturated heterocycles. The number of nitrogens with zero attached hydrogens (tertiary/aromatic N) is 1. The lowest BCUT2D eigenvalue weighted by Gasteiger charge is -2.06. The molecular formula is C9H21FN2O. The van der Waals surface area contributed by atoms with E-state index in [1.807, 2.05) is 27.8 Å². The van der Waals surface area contributed by atoms with Crippen LogP contribution in [-0.2, 0) is 4.79 Å². The molecule has 1 aliphatic heterocycles. The maximum absolute atomic E-state index is 10.5. The second-order valence-electron chi connectivity index (χ2n) is 4.28. The maximum atomic E-state index is 10.5. The molecule has 4 heteroatoms. The van der Waals surface area contributed by atoms with Crippen LogP contribution < -0.4 is 5.73 Å². The number of carbonyl (C=O) groups excluding carboxylic acids is 1. The average Bonchev–Trinajstić information content (AvgIpc) is 2.12. The number of likely N-dealkylation sites (tertiary alicyclic amines) is 1. The molecule has 80 valence electrons. The van der Waals surface area contributed by atoms with Gasteiger partial charge in [-0.1, -0.05) is 0 Å². The Morgan fingerprint density at radius 1 is 1.38 bits per heavy atom. The van der Waals surface area contributed by atoms with Crippen molar-refractivity contribution in [2.24, 2.45) is 5.73 Å². The Morgan fingerprint density at radius 3 is 1.85 bits per heavy atom. The van der Waals surface area contributed by atoms with Crippen LogP contribution in [0.15, 0.2) is 0 Å². The van der Waals surface area contributed by atoms with Gasteiger partial charge in [0.1, 0.15) is 0 Å². The minimum Gasteiger partial charge on any atom is -0.346 e. The summed E-state index contributed by atoms with van der Waals surface area (Å²) in [5.74, 6) is 0.292. The summed E-state index contributed by atoms with van der Waals surface area (Å²) in [6.45, 7) is 6.85. The molecule has 1 aliphatic rings. The Labute approximate surface area is 79.6 Å². The van der Waals surface area contributed by atoms with Crippen LogP contribution >= 0.6 is 0 Å². The molecule has 1 rings (SSSR count). The Hall–Kier alpha value is -0.640. The summed E-state index contributed by atoms with van der Waals surface area (Å²) in [5, 5.41) is 0. The van der Waals surface area contributed by atoms with Gasteiger partial charge in [-0.3, -0.25) is 9.50 Å². The van der Waals surface area contributed by atoms with E-state index in [9.17, 15) is 4.79 Å². The van der Waals surface area contributed by atoms with Gasteiger partial charge < -0.3 is 10.6 Å². The first-order valence-corrected chi connectivity index (χ1v) is 4.33. The van der Waals surface area contributed by atoms with Gasteiger partial charge in [-0.25, -0.2) is 0 Å². The first kappa shape index (κ1) is 14.9. The van der Waals surface area contributed by atoms with Gasteiger partial charge in [-0.15, -0.1) is 0 Å². The summed E-state index contributed by atoms with van der Waals surface area (Å²) < 4.78 is 0. The van der Waals surface area contributed by atoms with Crippen molar-refractivity contribution < 1.29 is 9.50 Å². The van der Waals surface area contributed by atoms with Crippen molar-refractivity contribution in [2.45, 2.75) is 39.2 Å². The Morgan fingerprint density at radius 2 is 1.77 bits per heavy atom. The van der Waals surface area contributed by atoms with Crippen molar-refractivity contribution in [2.75, 3.05) is 13.6 Å². The van der Waals surface area contributed by atoms with Gasteiger partial charge >= 0.3 is 0 Å². The predicted molar refractivity (Wildman–Crippen MR) is 53.3 cm³/mol. The van der Waals surface area contributed by atoms with E-state index >= 15 is 0 Å². The number of carbonyl (C=O) groups is 1. The molecule has 1 heterocycles. The molecule has 0 radical (unpaired) electrons. The van der Waals surface area contributed by atoms with E-state index in [0.717, 1.165) is 19.4 Å². The molecule has 3 nitrogen and oxygen atoms in total. The van der Waals surface area contributed by atoms with Gasteiger partial charge in [0.25, 0.3) is 0 Å². The maximum Gasteiger partial charge on any atom is 0.222 e. The fourth-order valence-corrected chi connectivity index (χ4v) is 0.783. The third kappa shape index (κ3) is 11.4. The highest BCUT2D eigenvalue weighted by atomic mass is 19.0. The molecule has 0 aromatic rings. The second-order valence-corrected chi connectivity index (χ2v) is 4.28. The van der Waals surface area contributed by atoms with Crippen LogP contribution in [0, 0.1) is 0 Å². The van der Waals surface area contributed by atoms with Gasteiger partial charge in [-0.05, 0) is 27.2 Å². The van der Waals surface area contributed by atoms with Crippen molar-refractivity contribution in [3.63, 3.8) is 0 Å². The highest BCUT2D eigenvalue weighted by Crippen LogP contribution is 2.04. The predicted octanol–water partition coefficient (Wildman–Crippen LogP) is 1.13. The molecule has 1 amide bonds. The van der Waals surface area contributed by atoms with Gasteiger partial charge in [0.15, 0.2) is 0 Å². The molecule has 0 aromatic heterocycles. The van der Waals surface area contributed by atoms with E-state index in [-0.39, 0.29) is 10.2 Å². The highest BCUT2D eigenvalue weighted by molar-refractivity contribution is 5.77. The van der Waals surface area contributed by atoms with Gasteiger partial charge in [0, 0.05) is 25.6 Å². The zero-order valence-electron chi connectivity index (χ0n) is 8.96. The minimum atomic E-state index is 0. The fourth-order valence-electron chi connectivity index (χ4n) is 0.783. The van der Waals surface area contributed by atoms with E-state index in [1.165, 1.54) is 0 Å². The van der Waals surface area contributed by atoms with Crippen molar-refractivity contribution in [1.29, 1.82) is 0 Å². The van der Waals surface area contributed by atoms with E-state index in [0.29, 0.717) is 5.91 Å². The lowest BCUT2D eigenvalue weighted by Crippen LogP contribution is -2.26. The molecule has 0 unspecified atom stereocenters. The summed E-state index contributed by atoms with van der Waals surface area (Å²) in [6, 6.07) is 0. The number of rotatable bonds is 0. The Balaban J connectivity index is 0. The van der Waals surface area contributed by atoms with Crippen LogP contribution in [0.3, 0.4) is 0 Å². The van der Waals surface area contributed by atoms with Gasteiger partial charge in [-0.2, -0.15) is 0 Å². The summed E-state index contributed by atoms with van der Waals surface area (Å²) in [4.78, 5) is 12.3. The Bertz CT molecular complexity index is 148. The van der Waals surface area contributed by atoms with Crippen LogP contribution in [-0.4, -0.2) is 29.9 Å². The van der Waals surface area contributed by atoms with Crippen molar-refractivity contribution in [3.8, 4) is 0 Å². The van der Waals surface area contributed by atoms with Crippen LogP contribution in [0.5, 0.6) is 0 Å². The zero-order valence-corrected chi connectivity index (χ0v) is 8.96. The van der Waals surface area contributed by atoms with Crippen LogP contribution in [0.4, 0.5) is 4.70 Å². The van der Waals surface area contributed by atoms with Crippen molar-refractivity contribution in [1.82, 2.24) is 4.90 Å². The first-order valence-electron chi connectivity index (χ1n) is 4.33. The van der Waals surface area contributed by atoms with Crippen LogP contribution in [0.1, 0.15) is 33.6 Å². The molecule has 0 aromatic carbocycles. The van der Waals surface area contributed by atoms with E-state index in [4.69, 9.17) is 5.73 Å². The van der Waals surface area contributed by atoms with Crippen molar-refractivity contribution in [3.05, 3.63) is 0 Å². The molecule has 13 heavy (non-hydrogen) atoms. The Kier molecular flexibility index (Phi) is 6.76. The van der Waals surface area contributed by atoms with Gasteiger partial charge in [0.2, 0.25) is 5.91 Å². The molecule has 2 N–H and O–H groups in total. The first-order chi connectivity index (χ1) is 5.30. The summed E-state index contributed by atoms with van der Waals surface area (Å²) in [5.41, 5.74) is 5.35. The SMILES string of the molecule is CC(C)(C)N.CN1CCCC1=O.F. The summed E-state index contributed by atoms with van der Waals surface area (Å²) >= 11 is 0. The van der Waals surface area contributed by atoms with E-state index in [1.54, 1.807) is 4.90 Å². The zero-order chi connectivity index (χ0) is 9.78. The molecular weight excluding hydrogens is 171 g/mol. The van der Waals surface area contributed by atoms with Crippen LogP contribution in [0.25, 0.3) is 0 Å². The average molecular weight is 192 g/mol. The summed E-state index contributed by atoms with van der Waals surface area (Å²) in [7, 11) is 1.84. The smallest absolute Gasteiger partial charge is 0.222 e. The van der Waals surface area contributed by atoms with Gasteiger partial charge in [0.05, 0.1) is 0 Å². The molecule has 0 spiro atoms. The topological polar surface area (TPSA) is 46.3 Å². The molecule has 0 atom stereocenters.